The zero-order valence-corrected chi connectivity index (χ0v) is 22.3. The molecule has 0 spiro atoms. The summed E-state index contributed by atoms with van der Waals surface area (Å²) in [6.45, 7) is 2.27. The molecule has 1 heterocycles. The van der Waals surface area contributed by atoms with Crippen LogP contribution in [0.2, 0.25) is 0 Å². The van der Waals surface area contributed by atoms with Crippen molar-refractivity contribution in [3.05, 3.63) is 89.2 Å². The van der Waals surface area contributed by atoms with Gasteiger partial charge in [-0.05, 0) is 67.0 Å². The molecule has 0 atom stereocenters. The van der Waals surface area contributed by atoms with Crippen LogP contribution in [0.25, 0.3) is 0 Å². The van der Waals surface area contributed by atoms with E-state index >= 15 is 0 Å². The van der Waals surface area contributed by atoms with E-state index in [0.717, 1.165) is 61.2 Å². The maximum atomic E-state index is 14.3. The number of carbonyl (C=O) groups is 1. The largest absolute Gasteiger partial charge is 0.497 e. The topological polar surface area (TPSA) is 51.2 Å². The number of ether oxygens (including phenoxy) is 3. The molecule has 3 aromatic carbocycles. The number of halogens is 1. The lowest BCUT2D eigenvalue weighted by molar-refractivity contribution is 0.0897. The van der Waals surface area contributed by atoms with E-state index in [-0.39, 0.29) is 25.1 Å². The van der Waals surface area contributed by atoms with E-state index < -0.39 is 0 Å². The molecule has 1 amide bonds. The Kier molecular flexibility index (Phi) is 9.84. The Labute approximate surface area is 224 Å². The number of methoxy groups -OCH3 is 1. The summed E-state index contributed by atoms with van der Waals surface area (Å²) < 4.78 is 31.1. The smallest absolute Gasteiger partial charge is 0.410 e. The van der Waals surface area contributed by atoms with Crippen LogP contribution < -0.4 is 14.4 Å². The maximum Gasteiger partial charge on any atom is 0.410 e. The van der Waals surface area contributed by atoms with Crippen molar-refractivity contribution in [3.8, 4) is 11.5 Å². The molecule has 3 aromatic rings. The highest BCUT2D eigenvalue weighted by Gasteiger charge is 2.21. The van der Waals surface area contributed by atoms with E-state index in [1.54, 1.807) is 18.1 Å². The summed E-state index contributed by atoms with van der Waals surface area (Å²) in [4.78, 5) is 16.8. The van der Waals surface area contributed by atoms with E-state index in [4.69, 9.17) is 14.2 Å². The van der Waals surface area contributed by atoms with Crippen LogP contribution in [0.4, 0.5) is 14.9 Å². The molecule has 4 rings (SSSR count). The summed E-state index contributed by atoms with van der Waals surface area (Å²) in [6, 6.07) is 20.7. The van der Waals surface area contributed by atoms with Gasteiger partial charge in [-0.25, -0.2) is 9.18 Å². The van der Waals surface area contributed by atoms with Crippen molar-refractivity contribution < 1.29 is 23.4 Å². The molecule has 6 nitrogen and oxygen atoms in total. The Morgan fingerprint density at radius 3 is 2.55 bits per heavy atom. The molecule has 0 unspecified atom stereocenters. The maximum absolute atomic E-state index is 14.3. The lowest BCUT2D eigenvalue weighted by Crippen LogP contribution is -2.36. The Hall–Kier alpha value is -3.74. The second-order valence-electron chi connectivity index (χ2n) is 9.62. The van der Waals surface area contributed by atoms with E-state index in [9.17, 15) is 9.18 Å². The van der Waals surface area contributed by atoms with Crippen LogP contribution in [-0.4, -0.2) is 51.4 Å². The molecule has 1 aliphatic heterocycles. The van der Waals surface area contributed by atoms with E-state index in [1.165, 1.54) is 11.6 Å². The van der Waals surface area contributed by atoms with Crippen molar-refractivity contribution in [3.63, 3.8) is 0 Å². The monoisotopic (exact) mass is 520 g/mol. The lowest BCUT2D eigenvalue weighted by atomic mass is 10.0. The van der Waals surface area contributed by atoms with Gasteiger partial charge in [0.25, 0.3) is 0 Å². The van der Waals surface area contributed by atoms with Gasteiger partial charge in [-0.1, -0.05) is 42.5 Å². The fraction of sp³-hybridized carbons (Fsp3) is 0.387. The molecule has 1 aliphatic rings. The van der Waals surface area contributed by atoms with Crippen LogP contribution in [0.1, 0.15) is 36.0 Å². The number of fused-ring (bicyclic) bond motifs is 1. The number of carbonyl (C=O) groups excluding carboxylic acids is 1. The SMILES string of the molecule is COc1ccc(CCCCN(CCOc2cc(F)cc3c2N(C)CCC3)C(=O)OCc2ccccc2)cc1. The third kappa shape index (κ3) is 7.63. The summed E-state index contributed by atoms with van der Waals surface area (Å²) in [5.74, 6) is 1.07. The number of hydrogen-bond acceptors (Lipinski definition) is 5. The summed E-state index contributed by atoms with van der Waals surface area (Å²) in [7, 11) is 3.66. The fourth-order valence-electron chi connectivity index (χ4n) is 4.78. The van der Waals surface area contributed by atoms with E-state index in [1.807, 2.05) is 49.5 Å². The zero-order chi connectivity index (χ0) is 26.7. The van der Waals surface area contributed by atoms with Gasteiger partial charge in [0.1, 0.15) is 30.5 Å². The molecule has 0 radical (unpaired) electrons. The van der Waals surface area contributed by atoms with Crippen molar-refractivity contribution in [1.82, 2.24) is 4.90 Å². The first-order valence-corrected chi connectivity index (χ1v) is 13.3. The van der Waals surface area contributed by atoms with Gasteiger partial charge in [-0.2, -0.15) is 0 Å². The summed E-state index contributed by atoms with van der Waals surface area (Å²) in [6.07, 6.45) is 4.11. The van der Waals surface area contributed by atoms with Crippen LogP contribution in [0.5, 0.6) is 11.5 Å². The third-order valence-corrected chi connectivity index (χ3v) is 6.82. The molecule has 0 aromatic heterocycles. The molecule has 0 fully saturated rings. The van der Waals surface area contributed by atoms with Crippen molar-refractivity contribution >= 4 is 11.8 Å². The standard InChI is InChI=1S/C31H37FN2O4/c1-33-17-8-12-26-21-27(32)22-29(30(26)33)37-20-19-34(31(35)38-23-25-10-4-3-5-11-25)18-7-6-9-24-13-15-28(36-2)16-14-24/h3-5,10-11,13-16,21-22H,6-9,12,17-20,23H2,1-2H3. The number of benzene rings is 3. The third-order valence-electron chi connectivity index (χ3n) is 6.82. The highest BCUT2D eigenvalue weighted by molar-refractivity contribution is 5.68. The van der Waals surface area contributed by atoms with Gasteiger partial charge in [0, 0.05) is 26.2 Å². The van der Waals surface area contributed by atoms with Crippen LogP contribution in [-0.2, 0) is 24.2 Å². The van der Waals surface area contributed by atoms with Gasteiger partial charge in [-0.3, -0.25) is 0 Å². The van der Waals surface area contributed by atoms with Crippen molar-refractivity contribution in [2.75, 3.05) is 45.3 Å². The molecule has 0 N–H and O–H groups in total. The second kappa shape index (κ2) is 13.7. The predicted octanol–water partition coefficient (Wildman–Crippen LogP) is 6.26. The number of hydrogen-bond donors (Lipinski definition) is 0. The minimum Gasteiger partial charge on any atom is -0.497 e. The summed E-state index contributed by atoms with van der Waals surface area (Å²) in [5.41, 5.74) is 4.07. The van der Waals surface area contributed by atoms with E-state index in [2.05, 4.69) is 17.0 Å². The Morgan fingerprint density at radius 1 is 1.00 bits per heavy atom. The first-order chi connectivity index (χ1) is 18.5. The fourth-order valence-corrected chi connectivity index (χ4v) is 4.78. The Bertz CT molecular complexity index is 1170. The van der Waals surface area contributed by atoms with Gasteiger partial charge in [-0.15, -0.1) is 0 Å². The molecule has 0 saturated carbocycles. The van der Waals surface area contributed by atoms with Crippen molar-refractivity contribution in [2.24, 2.45) is 0 Å². The number of rotatable bonds is 12. The summed E-state index contributed by atoms with van der Waals surface area (Å²) in [5, 5.41) is 0. The number of unbranched alkanes of at least 4 members (excludes halogenated alkanes) is 1. The minimum atomic E-state index is -0.375. The van der Waals surface area contributed by atoms with Gasteiger partial charge < -0.3 is 24.0 Å². The van der Waals surface area contributed by atoms with Crippen molar-refractivity contribution in [2.45, 2.75) is 38.7 Å². The minimum absolute atomic E-state index is 0.213. The normalized spacial score (nSPS) is 12.6. The number of anilines is 1. The molecule has 38 heavy (non-hydrogen) atoms. The first kappa shape index (κ1) is 27.3. The summed E-state index contributed by atoms with van der Waals surface area (Å²) >= 11 is 0. The van der Waals surface area contributed by atoms with Gasteiger partial charge in [0.05, 0.1) is 19.3 Å². The van der Waals surface area contributed by atoms with Crippen LogP contribution >= 0.6 is 0 Å². The van der Waals surface area contributed by atoms with Gasteiger partial charge in [0.15, 0.2) is 0 Å². The molecule has 7 heteroatoms. The molecule has 202 valence electrons. The number of amides is 1. The molecule has 0 aliphatic carbocycles. The molecular formula is C31H37FN2O4. The van der Waals surface area contributed by atoms with Gasteiger partial charge in [0.2, 0.25) is 0 Å². The second-order valence-corrected chi connectivity index (χ2v) is 9.62. The van der Waals surface area contributed by atoms with Crippen molar-refractivity contribution in [1.29, 1.82) is 0 Å². The molecular weight excluding hydrogens is 483 g/mol. The average molecular weight is 521 g/mol. The predicted molar refractivity (Wildman–Crippen MR) is 148 cm³/mol. The molecule has 0 saturated heterocycles. The Morgan fingerprint density at radius 2 is 1.79 bits per heavy atom. The number of aryl methyl sites for hydroxylation is 2. The molecule has 0 bridgehead atoms. The van der Waals surface area contributed by atoms with Crippen LogP contribution in [0.15, 0.2) is 66.7 Å². The highest BCUT2D eigenvalue weighted by Crippen LogP contribution is 2.36. The number of nitrogens with zero attached hydrogens (tertiary/aromatic N) is 2. The quantitative estimate of drug-likeness (QED) is 0.264. The first-order valence-electron chi connectivity index (χ1n) is 13.3. The highest BCUT2D eigenvalue weighted by atomic mass is 19.1. The van der Waals surface area contributed by atoms with E-state index in [0.29, 0.717) is 18.8 Å². The average Bonchev–Trinajstić information content (AvgIpc) is 2.93. The van der Waals surface area contributed by atoms with Gasteiger partial charge >= 0.3 is 6.09 Å². The van der Waals surface area contributed by atoms with Crippen LogP contribution in [0.3, 0.4) is 0 Å². The zero-order valence-electron chi connectivity index (χ0n) is 22.3. The lowest BCUT2D eigenvalue weighted by Gasteiger charge is -2.30. The van der Waals surface area contributed by atoms with Crippen LogP contribution in [0, 0.1) is 5.82 Å². The Balaban J connectivity index is 1.34.